The predicted molar refractivity (Wildman–Crippen MR) is 135 cm³/mol. The van der Waals surface area contributed by atoms with Crippen LogP contribution in [0.4, 0.5) is 5.69 Å². The number of benzene rings is 2. The normalized spacial score (nSPS) is 13.7. The number of hydrogen-bond donors (Lipinski definition) is 2. The summed E-state index contributed by atoms with van der Waals surface area (Å²) in [4.78, 5) is 38.7. The van der Waals surface area contributed by atoms with Gasteiger partial charge in [0.25, 0.3) is 5.91 Å². The van der Waals surface area contributed by atoms with Crippen LogP contribution in [0.1, 0.15) is 48.5 Å². The zero-order valence-corrected chi connectivity index (χ0v) is 20.2. The summed E-state index contributed by atoms with van der Waals surface area (Å²) in [5.41, 5.74) is 2.27. The average molecular weight is 482 g/mol. The summed E-state index contributed by atoms with van der Waals surface area (Å²) in [5.74, 6) is -0.166. The van der Waals surface area contributed by atoms with E-state index in [0.29, 0.717) is 23.6 Å². The van der Waals surface area contributed by atoms with Crippen LogP contribution >= 0.6 is 12.2 Å². The van der Waals surface area contributed by atoms with Gasteiger partial charge < -0.3 is 20.3 Å². The molecule has 0 saturated carbocycles. The lowest BCUT2D eigenvalue weighted by atomic mass is 9.98. The second-order valence-corrected chi connectivity index (χ2v) is 8.92. The summed E-state index contributed by atoms with van der Waals surface area (Å²) in [5, 5.41) is 5.60. The molecule has 0 radical (unpaired) electrons. The molecule has 2 aromatic rings. The van der Waals surface area contributed by atoms with E-state index < -0.39 is 5.97 Å². The third-order valence-corrected chi connectivity index (χ3v) is 5.95. The lowest BCUT2D eigenvalue weighted by molar-refractivity contribution is -0.144. The van der Waals surface area contributed by atoms with Crippen molar-refractivity contribution in [3.05, 3.63) is 65.7 Å². The lowest BCUT2D eigenvalue weighted by Gasteiger charge is -2.30. The van der Waals surface area contributed by atoms with Gasteiger partial charge in [0.05, 0.1) is 13.0 Å². The molecule has 7 nitrogen and oxygen atoms in total. The number of nitrogens with zero attached hydrogens (tertiary/aromatic N) is 1. The third-order valence-electron chi connectivity index (χ3n) is 5.74. The van der Waals surface area contributed by atoms with Crippen molar-refractivity contribution in [1.82, 2.24) is 10.2 Å². The van der Waals surface area contributed by atoms with Crippen LogP contribution in [0.5, 0.6) is 0 Å². The number of likely N-dealkylation sites (tertiary alicyclic amines) is 1. The molecular weight excluding hydrogens is 450 g/mol. The SMILES string of the molecule is CC1CCN(C(=O)c2cccc(NC(=S)NC(=O)CCC(=O)OCCc3ccccc3)c2)CC1. The standard InChI is InChI=1S/C26H31N3O4S/c1-19-12-15-29(16-13-19)25(32)21-8-5-9-22(18-21)27-26(34)28-23(30)10-11-24(31)33-17-14-20-6-3-2-4-7-20/h2-9,18-19H,10-17H2,1H3,(H2,27,28,30,34). The Morgan fingerprint density at radius 2 is 1.76 bits per heavy atom. The number of thiocarbonyl (C=S) groups is 1. The third kappa shape index (κ3) is 8.26. The van der Waals surface area contributed by atoms with Crippen molar-refractivity contribution in [1.29, 1.82) is 0 Å². The second-order valence-electron chi connectivity index (χ2n) is 8.51. The van der Waals surface area contributed by atoms with E-state index in [9.17, 15) is 14.4 Å². The fraction of sp³-hybridized carbons (Fsp3) is 0.385. The highest BCUT2D eigenvalue weighted by Crippen LogP contribution is 2.19. The first-order valence-electron chi connectivity index (χ1n) is 11.6. The number of carbonyl (C=O) groups excluding carboxylic acids is 3. The van der Waals surface area contributed by atoms with Crippen LogP contribution in [0.25, 0.3) is 0 Å². The van der Waals surface area contributed by atoms with E-state index in [4.69, 9.17) is 17.0 Å². The molecule has 0 atom stereocenters. The van der Waals surface area contributed by atoms with Gasteiger partial charge in [0, 0.05) is 37.2 Å². The highest BCUT2D eigenvalue weighted by Gasteiger charge is 2.21. The van der Waals surface area contributed by atoms with E-state index >= 15 is 0 Å². The zero-order chi connectivity index (χ0) is 24.3. The molecule has 2 amide bonds. The van der Waals surface area contributed by atoms with Crippen molar-refractivity contribution in [3.8, 4) is 0 Å². The molecule has 8 heteroatoms. The molecule has 180 valence electrons. The first kappa shape index (κ1) is 25.4. The molecule has 1 saturated heterocycles. The fourth-order valence-corrected chi connectivity index (χ4v) is 3.92. The number of anilines is 1. The van der Waals surface area contributed by atoms with Gasteiger partial charge in [0.1, 0.15) is 0 Å². The predicted octanol–water partition coefficient (Wildman–Crippen LogP) is 3.94. The van der Waals surface area contributed by atoms with Crippen LogP contribution in [0.15, 0.2) is 54.6 Å². The molecule has 1 aliphatic rings. The summed E-state index contributed by atoms with van der Waals surface area (Å²) in [7, 11) is 0. The fourth-order valence-electron chi connectivity index (χ4n) is 3.69. The Bertz CT molecular complexity index is 1000. The molecule has 2 aromatic carbocycles. The minimum Gasteiger partial charge on any atom is -0.465 e. The maximum Gasteiger partial charge on any atom is 0.306 e. The Labute approximate surface area is 205 Å². The summed E-state index contributed by atoms with van der Waals surface area (Å²) < 4.78 is 5.19. The second kappa shape index (κ2) is 12.8. The van der Waals surface area contributed by atoms with E-state index in [1.807, 2.05) is 35.2 Å². The van der Waals surface area contributed by atoms with Gasteiger partial charge >= 0.3 is 5.97 Å². The maximum atomic E-state index is 12.8. The van der Waals surface area contributed by atoms with E-state index in [1.54, 1.807) is 24.3 Å². The largest absolute Gasteiger partial charge is 0.465 e. The van der Waals surface area contributed by atoms with Gasteiger partial charge in [-0.25, -0.2) is 0 Å². The number of ether oxygens (including phenoxy) is 1. The number of piperidine rings is 1. The average Bonchev–Trinajstić information content (AvgIpc) is 2.83. The van der Waals surface area contributed by atoms with Crippen LogP contribution in [0.3, 0.4) is 0 Å². The molecule has 1 aliphatic heterocycles. The van der Waals surface area contributed by atoms with Gasteiger partial charge in [-0.1, -0.05) is 43.3 Å². The molecule has 34 heavy (non-hydrogen) atoms. The zero-order valence-electron chi connectivity index (χ0n) is 19.4. The van der Waals surface area contributed by atoms with Crippen LogP contribution in [0.2, 0.25) is 0 Å². The first-order valence-corrected chi connectivity index (χ1v) is 12.0. The monoisotopic (exact) mass is 481 g/mol. The highest BCUT2D eigenvalue weighted by atomic mass is 32.1. The number of carbonyl (C=O) groups is 3. The van der Waals surface area contributed by atoms with Gasteiger partial charge in [-0.15, -0.1) is 0 Å². The Balaban J connectivity index is 1.38. The number of esters is 1. The Hall–Kier alpha value is -3.26. The maximum absolute atomic E-state index is 12.8. The topological polar surface area (TPSA) is 87.7 Å². The molecule has 0 aliphatic carbocycles. The summed E-state index contributed by atoms with van der Waals surface area (Å²) in [6.07, 6.45) is 2.60. The minimum atomic E-state index is -0.428. The Morgan fingerprint density at radius 3 is 2.50 bits per heavy atom. The van der Waals surface area contributed by atoms with E-state index in [1.165, 1.54) is 0 Å². The van der Waals surface area contributed by atoms with Crippen molar-refractivity contribution in [2.24, 2.45) is 5.92 Å². The molecule has 1 heterocycles. The van der Waals surface area contributed by atoms with Crippen molar-refractivity contribution in [2.45, 2.75) is 39.0 Å². The van der Waals surface area contributed by atoms with Gasteiger partial charge in [-0.2, -0.15) is 0 Å². The molecule has 0 bridgehead atoms. The van der Waals surface area contributed by atoms with Crippen molar-refractivity contribution < 1.29 is 19.1 Å². The molecule has 2 N–H and O–H groups in total. The van der Waals surface area contributed by atoms with Crippen molar-refractivity contribution in [2.75, 3.05) is 25.0 Å². The molecule has 3 rings (SSSR count). The Morgan fingerprint density at radius 1 is 1.03 bits per heavy atom. The van der Waals surface area contributed by atoms with E-state index in [0.717, 1.165) is 31.5 Å². The Kier molecular flexibility index (Phi) is 9.58. The van der Waals surface area contributed by atoms with Gasteiger partial charge in [0.15, 0.2) is 5.11 Å². The van der Waals surface area contributed by atoms with E-state index in [-0.39, 0.29) is 36.4 Å². The number of rotatable bonds is 8. The number of hydrogen-bond acceptors (Lipinski definition) is 5. The smallest absolute Gasteiger partial charge is 0.306 e. The highest BCUT2D eigenvalue weighted by molar-refractivity contribution is 7.80. The molecular formula is C26H31N3O4S. The number of amides is 2. The first-order chi connectivity index (χ1) is 16.4. The van der Waals surface area contributed by atoms with Crippen molar-refractivity contribution in [3.63, 3.8) is 0 Å². The molecule has 0 spiro atoms. The molecule has 0 unspecified atom stereocenters. The lowest BCUT2D eigenvalue weighted by Crippen LogP contribution is -2.38. The summed E-state index contributed by atoms with van der Waals surface area (Å²) in [6.45, 7) is 4.01. The van der Waals surface area contributed by atoms with Gasteiger partial charge in [-0.05, 0) is 54.7 Å². The van der Waals surface area contributed by atoms with Gasteiger partial charge in [-0.3, -0.25) is 14.4 Å². The van der Waals surface area contributed by atoms with Crippen molar-refractivity contribution >= 4 is 40.8 Å². The van der Waals surface area contributed by atoms with Crippen LogP contribution < -0.4 is 10.6 Å². The quantitative estimate of drug-likeness (QED) is 0.439. The minimum absolute atomic E-state index is 0.00344. The van der Waals surface area contributed by atoms with Crippen LogP contribution in [-0.2, 0) is 20.7 Å². The molecule has 0 aromatic heterocycles. The van der Waals surface area contributed by atoms with Gasteiger partial charge in [0.2, 0.25) is 5.91 Å². The summed E-state index contributed by atoms with van der Waals surface area (Å²) in [6, 6.07) is 16.8. The van der Waals surface area contributed by atoms with E-state index in [2.05, 4.69) is 17.6 Å². The summed E-state index contributed by atoms with van der Waals surface area (Å²) >= 11 is 5.21. The van der Waals surface area contributed by atoms with Crippen LogP contribution in [0, 0.1) is 5.92 Å². The van der Waals surface area contributed by atoms with Crippen LogP contribution in [-0.4, -0.2) is 47.5 Å². The molecule has 1 fully saturated rings. The number of nitrogens with one attached hydrogen (secondary N) is 2.